The maximum absolute atomic E-state index is 12.2. The minimum atomic E-state index is 0.189. The van der Waals surface area contributed by atoms with E-state index in [1.807, 2.05) is 24.3 Å². The molecule has 0 aromatic heterocycles. The van der Waals surface area contributed by atoms with E-state index in [0.29, 0.717) is 12.5 Å². The van der Waals surface area contributed by atoms with Crippen LogP contribution in [0.15, 0.2) is 28.7 Å². The van der Waals surface area contributed by atoms with Crippen molar-refractivity contribution in [2.24, 2.45) is 0 Å². The zero-order valence-corrected chi connectivity index (χ0v) is 13.6. The van der Waals surface area contributed by atoms with Crippen LogP contribution in [0.4, 0.5) is 0 Å². The van der Waals surface area contributed by atoms with Gasteiger partial charge in [-0.15, -0.1) is 0 Å². The molecule has 1 aromatic carbocycles. The van der Waals surface area contributed by atoms with Gasteiger partial charge in [-0.2, -0.15) is 0 Å². The molecule has 1 saturated heterocycles. The summed E-state index contributed by atoms with van der Waals surface area (Å²) in [6.07, 6.45) is 4.47. The highest BCUT2D eigenvalue weighted by molar-refractivity contribution is 9.10. The second-order valence-electron chi connectivity index (χ2n) is 5.40. The Morgan fingerprint density at radius 2 is 2.20 bits per heavy atom. The van der Waals surface area contributed by atoms with Crippen molar-refractivity contribution in [2.75, 3.05) is 26.7 Å². The number of carbonyl (C=O) groups excluding carboxylic acids is 1. The van der Waals surface area contributed by atoms with E-state index in [2.05, 4.69) is 27.9 Å². The van der Waals surface area contributed by atoms with Crippen LogP contribution in [0.5, 0.6) is 0 Å². The molecule has 0 aliphatic carbocycles. The summed E-state index contributed by atoms with van der Waals surface area (Å²) in [6.45, 7) is 2.58. The first-order chi connectivity index (χ1) is 9.66. The molecule has 1 unspecified atom stereocenters. The van der Waals surface area contributed by atoms with Crippen molar-refractivity contribution in [2.45, 2.75) is 31.8 Å². The van der Waals surface area contributed by atoms with Gasteiger partial charge in [0.05, 0.1) is 6.10 Å². The van der Waals surface area contributed by atoms with Crippen molar-refractivity contribution in [3.63, 3.8) is 0 Å². The molecule has 1 aromatic rings. The standard InChI is InChI=1S/C16H22BrNO2/c1-18(12-13-6-4-5-11-20-13)10-9-16(19)14-7-2-3-8-15(14)17/h2-3,7-8,13H,4-6,9-12H2,1H3. The molecule has 0 radical (unpaired) electrons. The highest BCUT2D eigenvalue weighted by atomic mass is 79.9. The summed E-state index contributed by atoms with van der Waals surface area (Å²) in [7, 11) is 2.06. The summed E-state index contributed by atoms with van der Waals surface area (Å²) in [6, 6.07) is 7.61. The monoisotopic (exact) mass is 339 g/mol. The molecule has 3 nitrogen and oxygen atoms in total. The van der Waals surface area contributed by atoms with Crippen molar-refractivity contribution in [3.8, 4) is 0 Å². The van der Waals surface area contributed by atoms with E-state index in [9.17, 15) is 4.79 Å². The predicted molar refractivity (Wildman–Crippen MR) is 84.2 cm³/mol. The van der Waals surface area contributed by atoms with Crippen LogP contribution in [0.3, 0.4) is 0 Å². The summed E-state index contributed by atoms with van der Waals surface area (Å²) >= 11 is 3.43. The van der Waals surface area contributed by atoms with E-state index in [1.54, 1.807) is 0 Å². The van der Waals surface area contributed by atoms with Gasteiger partial charge in [0, 0.05) is 36.2 Å². The van der Waals surface area contributed by atoms with Crippen LogP contribution in [0, 0.1) is 0 Å². The van der Waals surface area contributed by atoms with E-state index in [1.165, 1.54) is 12.8 Å². The maximum Gasteiger partial charge on any atom is 0.165 e. The molecule has 1 aliphatic rings. The average Bonchev–Trinajstić information content (AvgIpc) is 2.46. The van der Waals surface area contributed by atoms with Crippen molar-refractivity contribution in [3.05, 3.63) is 34.3 Å². The Bertz CT molecular complexity index is 444. The van der Waals surface area contributed by atoms with Crippen molar-refractivity contribution >= 4 is 21.7 Å². The fourth-order valence-electron chi connectivity index (χ4n) is 2.50. The first kappa shape index (κ1) is 15.7. The van der Waals surface area contributed by atoms with Gasteiger partial charge in [0.25, 0.3) is 0 Å². The van der Waals surface area contributed by atoms with Gasteiger partial charge < -0.3 is 9.64 Å². The first-order valence-corrected chi connectivity index (χ1v) is 8.04. The van der Waals surface area contributed by atoms with Crippen LogP contribution in [-0.2, 0) is 4.74 Å². The van der Waals surface area contributed by atoms with Crippen LogP contribution in [0.1, 0.15) is 36.0 Å². The molecule has 0 bridgehead atoms. The van der Waals surface area contributed by atoms with Crippen molar-refractivity contribution < 1.29 is 9.53 Å². The number of hydrogen-bond donors (Lipinski definition) is 0. The van der Waals surface area contributed by atoms with Gasteiger partial charge in [-0.05, 0) is 32.4 Å². The summed E-state index contributed by atoms with van der Waals surface area (Å²) in [5.41, 5.74) is 0.773. The van der Waals surface area contributed by atoms with Gasteiger partial charge >= 0.3 is 0 Å². The van der Waals surface area contributed by atoms with Gasteiger partial charge in [0.2, 0.25) is 0 Å². The third-order valence-electron chi connectivity index (χ3n) is 3.68. The van der Waals surface area contributed by atoms with Crippen LogP contribution in [0.25, 0.3) is 0 Å². The van der Waals surface area contributed by atoms with E-state index in [4.69, 9.17) is 4.74 Å². The Balaban J connectivity index is 1.76. The van der Waals surface area contributed by atoms with Crippen LogP contribution >= 0.6 is 15.9 Å². The largest absolute Gasteiger partial charge is 0.377 e. The van der Waals surface area contributed by atoms with E-state index < -0.39 is 0 Å². The van der Waals surface area contributed by atoms with Crippen molar-refractivity contribution in [1.29, 1.82) is 0 Å². The number of hydrogen-bond acceptors (Lipinski definition) is 3. The number of halogens is 1. The Hall–Kier alpha value is -0.710. The third-order valence-corrected chi connectivity index (χ3v) is 4.38. The maximum atomic E-state index is 12.2. The van der Waals surface area contributed by atoms with Crippen LogP contribution < -0.4 is 0 Å². The van der Waals surface area contributed by atoms with Gasteiger partial charge in [0.15, 0.2) is 5.78 Å². The summed E-state index contributed by atoms with van der Waals surface area (Å²) in [5.74, 6) is 0.189. The molecule has 0 N–H and O–H groups in total. The lowest BCUT2D eigenvalue weighted by atomic mass is 10.1. The van der Waals surface area contributed by atoms with Crippen molar-refractivity contribution in [1.82, 2.24) is 4.90 Å². The van der Waals surface area contributed by atoms with Gasteiger partial charge in [-0.3, -0.25) is 4.79 Å². The van der Waals surface area contributed by atoms with Crippen LogP contribution in [-0.4, -0.2) is 43.5 Å². The summed E-state index contributed by atoms with van der Waals surface area (Å²) in [4.78, 5) is 14.4. The number of ketones is 1. The lowest BCUT2D eigenvalue weighted by molar-refractivity contribution is -0.00144. The molecule has 1 fully saturated rings. The quantitative estimate of drug-likeness (QED) is 0.742. The van der Waals surface area contributed by atoms with Gasteiger partial charge in [-0.1, -0.05) is 34.1 Å². The molecule has 1 heterocycles. The number of benzene rings is 1. The summed E-state index contributed by atoms with van der Waals surface area (Å²) < 4.78 is 6.60. The number of likely N-dealkylation sites (N-methyl/N-ethyl adjacent to an activating group) is 1. The lowest BCUT2D eigenvalue weighted by Crippen LogP contribution is -2.34. The Morgan fingerprint density at radius 1 is 1.40 bits per heavy atom. The predicted octanol–water partition coefficient (Wildman–Crippen LogP) is 3.52. The number of carbonyl (C=O) groups is 1. The van der Waals surface area contributed by atoms with Gasteiger partial charge in [0.1, 0.15) is 0 Å². The molecule has 20 heavy (non-hydrogen) atoms. The average molecular weight is 340 g/mol. The van der Waals surface area contributed by atoms with E-state index >= 15 is 0 Å². The lowest BCUT2D eigenvalue weighted by Gasteiger charge is -2.27. The molecule has 4 heteroatoms. The van der Waals surface area contributed by atoms with Gasteiger partial charge in [-0.25, -0.2) is 0 Å². The zero-order chi connectivity index (χ0) is 14.4. The molecule has 0 saturated carbocycles. The number of ether oxygens (including phenoxy) is 1. The normalized spacial score (nSPS) is 19.2. The zero-order valence-electron chi connectivity index (χ0n) is 12.0. The molecule has 2 rings (SSSR count). The second kappa shape index (κ2) is 7.91. The third kappa shape index (κ3) is 4.69. The summed E-state index contributed by atoms with van der Waals surface area (Å²) in [5, 5.41) is 0. The highest BCUT2D eigenvalue weighted by Crippen LogP contribution is 2.18. The molecule has 0 spiro atoms. The number of rotatable bonds is 6. The molecule has 1 aliphatic heterocycles. The van der Waals surface area contributed by atoms with Crippen LogP contribution in [0.2, 0.25) is 0 Å². The highest BCUT2D eigenvalue weighted by Gasteiger charge is 2.17. The Labute approximate surface area is 129 Å². The molecule has 0 amide bonds. The number of Topliss-reactive ketones (excluding diaryl/α,β-unsaturated/α-hetero) is 1. The Morgan fingerprint density at radius 3 is 2.90 bits per heavy atom. The molecular weight excluding hydrogens is 318 g/mol. The number of nitrogens with zero attached hydrogens (tertiary/aromatic N) is 1. The fourth-order valence-corrected chi connectivity index (χ4v) is 3.01. The minimum absolute atomic E-state index is 0.189. The van der Waals surface area contributed by atoms with E-state index in [0.717, 1.165) is 36.2 Å². The van der Waals surface area contributed by atoms with E-state index in [-0.39, 0.29) is 5.78 Å². The minimum Gasteiger partial charge on any atom is -0.377 e. The Kier molecular flexibility index (Phi) is 6.20. The molecule has 1 atom stereocenters. The topological polar surface area (TPSA) is 29.5 Å². The fraction of sp³-hybridized carbons (Fsp3) is 0.562. The molecular formula is C16H22BrNO2. The molecule has 110 valence electrons. The first-order valence-electron chi connectivity index (χ1n) is 7.24. The SMILES string of the molecule is CN(CCC(=O)c1ccccc1Br)CC1CCCCO1. The smallest absolute Gasteiger partial charge is 0.165 e. The second-order valence-corrected chi connectivity index (χ2v) is 6.26.